The highest BCUT2D eigenvalue weighted by molar-refractivity contribution is 7.99. The number of aromatic nitrogens is 4. The van der Waals surface area contributed by atoms with Crippen LogP contribution in [0.3, 0.4) is 0 Å². The lowest BCUT2D eigenvalue weighted by Gasteiger charge is -2.12. The quantitative estimate of drug-likeness (QED) is 0.324. The van der Waals surface area contributed by atoms with E-state index >= 15 is 0 Å². The number of nitrogens with zero attached hydrogens (tertiary/aromatic N) is 4. The van der Waals surface area contributed by atoms with Crippen molar-refractivity contribution in [1.29, 1.82) is 0 Å². The Kier molecular flexibility index (Phi) is 5.71. The average molecular weight is 466 g/mol. The molecular weight excluding hydrogens is 446 g/mol. The molecule has 1 N–H and O–H groups in total. The first-order chi connectivity index (χ1) is 15.6. The number of halogens is 1. The number of hydrogen-bond donors (Lipinski definition) is 1. The minimum absolute atomic E-state index is 0.0521. The van der Waals surface area contributed by atoms with E-state index in [0.717, 1.165) is 18.4 Å². The molecule has 1 amide bonds. The first-order valence-electron chi connectivity index (χ1n) is 10.3. The van der Waals surface area contributed by atoms with Gasteiger partial charge in [-0.1, -0.05) is 65.8 Å². The number of fused-ring (bicyclic) bond motifs is 1. The van der Waals surface area contributed by atoms with Crippen molar-refractivity contribution in [2.24, 2.45) is 0 Å². The van der Waals surface area contributed by atoms with Gasteiger partial charge in [-0.2, -0.15) is 5.10 Å². The SMILES string of the molecule is O=C(CSc1nc2ccccc2c(=O)n1C1CC1)Nc1nn(Cc2ccccc2)cc1Cl. The zero-order valence-corrected chi connectivity index (χ0v) is 18.6. The van der Waals surface area contributed by atoms with Gasteiger partial charge in [0.25, 0.3) is 5.56 Å². The summed E-state index contributed by atoms with van der Waals surface area (Å²) in [4.78, 5) is 30.2. The highest BCUT2D eigenvalue weighted by atomic mass is 35.5. The molecule has 0 atom stereocenters. The number of thioether (sulfide) groups is 1. The molecule has 0 spiro atoms. The molecule has 0 aliphatic heterocycles. The molecule has 1 fully saturated rings. The zero-order valence-electron chi connectivity index (χ0n) is 17.1. The number of amides is 1. The number of nitrogens with one attached hydrogen (secondary N) is 1. The maximum atomic E-state index is 12.9. The second-order valence-corrected chi connectivity index (χ2v) is 9.01. The summed E-state index contributed by atoms with van der Waals surface area (Å²) < 4.78 is 3.41. The molecule has 1 saturated carbocycles. The predicted molar refractivity (Wildman–Crippen MR) is 126 cm³/mol. The lowest BCUT2D eigenvalue weighted by Crippen LogP contribution is -2.23. The Bertz CT molecular complexity index is 1350. The normalized spacial score (nSPS) is 13.4. The highest BCUT2D eigenvalue weighted by Gasteiger charge is 2.28. The Morgan fingerprint density at radius 3 is 2.66 bits per heavy atom. The lowest BCUT2D eigenvalue weighted by molar-refractivity contribution is -0.113. The van der Waals surface area contributed by atoms with Crippen molar-refractivity contribution in [3.63, 3.8) is 0 Å². The van der Waals surface area contributed by atoms with Crippen LogP contribution >= 0.6 is 23.4 Å². The van der Waals surface area contributed by atoms with Gasteiger partial charge in [0, 0.05) is 12.2 Å². The third kappa shape index (κ3) is 4.42. The summed E-state index contributed by atoms with van der Waals surface area (Å²) in [7, 11) is 0. The van der Waals surface area contributed by atoms with Crippen LogP contribution in [0, 0.1) is 0 Å². The number of hydrogen-bond acceptors (Lipinski definition) is 5. The largest absolute Gasteiger partial charge is 0.307 e. The number of anilines is 1. The zero-order chi connectivity index (χ0) is 22.1. The Labute approximate surface area is 193 Å². The van der Waals surface area contributed by atoms with E-state index in [1.165, 1.54) is 11.8 Å². The van der Waals surface area contributed by atoms with Gasteiger partial charge in [-0.25, -0.2) is 4.98 Å². The van der Waals surface area contributed by atoms with Crippen molar-refractivity contribution in [2.75, 3.05) is 11.1 Å². The van der Waals surface area contributed by atoms with E-state index in [9.17, 15) is 9.59 Å². The molecule has 162 valence electrons. The van der Waals surface area contributed by atoms with Crippen molar-refractivity contribution in [2.45, 2.75) is 30.6 Å². The van der Waals surface area contributed by atoms with Gasteiger partial charge in [0.1, 0.15) is 5.02 Å². The van der Waals surface area contributed by atoms with Gasteiger partial charge in [-0.05, 0) is 30.5 Å². The lowest BCUT2D eigenvalue weighted by atomic mass is 10.2. The number of benzene rings is 2. The monoisotopic (exact) mass is 465 g/mol. The fourth-order valence-electron chi connectivity index (χ4n) is 3.51. The summed E-state index contributed by atoms with van der Waals surface area (Å²) >= 11 is 7.52. The van der Waals surface area contributed by atoms with E-state index in [4.69, 9.17) is 11.6 Å². The van der Waals surface area contributed by atoms with Crippen LogP contribution in [0.4, 0.5) is 5.82 Å². The van der Waals surface area contributed by atoms with Gasteiger partial charge in [-0.15, -0.1) is 0 Å². The Balaban J connectivity index is 1.29. The van der Waals surface area contributed by atoms with Crippen molar-refractivity contribution < 1.29 is 4.79 Å². The van der Waals surface area contributed by atoms with E-state index in [0.29, 0.717) is 33.4 Å². The van der Waals surface area contributed by atoms with E-state index in [1.807, 2.05) is 48.5 Å². The third-order valence-corrected chi connectivity index (χ3v) is 6.41. The second-order valence-electron chi connectivity index (χ2n) is 7.66. The van der Waals surface area contributed by atoms with Crippen LogP contribution in [0.15, 0.2) is 70.7 Å². The van der Waals surface area contributed by atoms with E-state index in [-0.39, 0.29) is 23.3 Å². The summed E-state index contributed by atoms with van der Waals surface area (Å²) in [5.74, 6) is 0.158. The van der Waals surface area contributed by atoms with Crippen molar-refractivity contribution in [1.82, 2.24) is 19.3 Å². The Morgan fingerprint density at radius 1 is 1.12 bits per heavy atom. The highest BCUT2D eigenvalue weighted by Crippen LogP contribution is 2.36. The molecule has 5 rings (SSSR count). The molecule has 2 heterocycles. The number of carbonyl (C=O) groups is 1. The van der Waals surface area contributed by atoms with Gasteiger partial charge in [-0.3, -0.25) is 18.8 Å². The van der Waals surface area contributed by atoms with Crippen LogP contribution in [-0.2, 0) is 11.3 Å². The Hall–Kier alpha value is -3.10. The average Bonchev–Trinajstić information content (AvgIpc) is 3.57. The Morgan fingerprint density at radius 2 is 1.88 bits per heavy atom. The molecule has 0 bridgehead atoms. The summed E-state index contributed by atoms with van der Waals surface area (Å²) in [6.45, 7) is 0.555. The molecule has 0 saturated heterocycles. The fourth-order valence-corrected chi connectivity index (χ4v) is 4.58. The minimum Gasteiger partial charge on any atom is -0.307 e. The smallest absolute Gasteiger partial charge is 0.262 e. The minimum atomic E-state index is -0.258. The summed E-state index contributed by atoms with van der Waals surface area (Å²) in [6, 6.07) is 17.3. The van der Waals surface area contributed by atoms with Crippen LogP contribution in [0.1, 0.15) is 24.4 Å². The molecule has 9 heteroatoms. The molecular formula is C23H20ClN5O2S. The van der Waals surface area contributed by atoms with Gasteiger partial charge >= 0.3 is 0 Å². The third-order valence-electron chi connectivity index (χ3n) is 5.18. The van der Waals surface area contributed by atoms with Crippen LogP contribution in [0.2, 0.25) is 5.02 Å². The van der Waals surface area contributed by atoms with E-state index < -0.39 is 0 Å². The molecule has 1 aliphatic rings. The van der Waals surface area contributed by atoms with Crippen molar-refractivity contribution >= 4 is 46.0 Å². The van der Waals surface area contributed by atoms with Crippen LogP contribution in [0.5, 0.6) is 0 Å². The maximum absolute atomic E-state index is 12.9. The van der Waals surface area contributed by atoms with Gasteiger partial charge in [0.05, 0.1) is 23.2 Å². The molecule has 2 aromatic carbocycles. The maximum Gasteiger partial charge on any atom is 0.262 e. The molecule has 32 heavy (non-hydrogen) atoms. The predicted octanol–water partition coefficient (Wildman–Crippen LogP) is 4.36. The summed E-state index contributed by atoms with van der Waals surface area (Å²) in [6.07, 6.45) is 3.59. The van der Waals surface area contributed by atoms with E-state index in [1.54, 1.807) is 21.5 Å². The second kappa shape index (κ2) is 8.80. The number of para-hydroxylation sites is 1. The molecule has 0 unspecified atom stereocenters. The number of carbonyl (C=O) groups excluding carboxylic acids is 1. The topological polar surface area (TPSA) is 81.8 Å². The summed E-state index contributed by atoms with van der Waals surface area (Å²) in [5.41, 5.74) is 1.67. The molecule has 7 nitrogen and oxygen atoms in total. The first kappa shape index (κ1) is 20.8. The van der Waals surface area contributed by atoms with Crippen LogP contribution in [0.25, 0.3) is 10.9 Å². The van der Waals surface area contributed by atoms with Crippen LogP contribution in [-0.4, -0.2) is 31.0 Å². The molecule has 0 radical (unpaired) electrons. The fraction of sp³-hybridized carbons (Fsp3) is 0.217. The molecule has 1 aliphatic carbocycles. The van der Waals surface area contributed by atoms with Gasteiger partial charge < -0.3 is 5.32 Å². The first-order valence-corrected chi connectivity index (χ1v) is 11.7. The van der Waals surface area contributed by atoms with Gasteiger partial charge in [0.2, 0.25) is 5.91 Å². The molecule has 4 aromatic rings. The van der Waals surface area contributed by atoms with Crippen LogP contribution < -0.4 is 10.9 Å². The van der Waals surface area contributed by atoms with E-state index in [2.05, 4.69) is 15.4 Å². The number of rotatable bonds is 7. The summed E-state index contributed by atoms with van der Waals surface area (Å²) in [5, 5.41) is 8.68. The van der Waals surface area contributed by atoms with Crippen molar-refractivity contribution in [3.8, 4) is 0 Å². The standard InChI is InChI=1S/C23H20ClN5O2S/c24-18-13-28(12-15-6-2-1-3-7-15)27-21(18)26-20(30)14-32-23-25-19-9-5-4-8-17(19)22(31)29(23)16-10-11-16/h1-9,13,16H,10-12,14H2,(H,26,27,30). The van der Waals surface area contributed by atoms with Crippen molar-refractivity contribution in [3.05, 3.63) is 81.7 Å². The molecule has 2 aromatic heterocycles. The van der Waals surface area contributed by atoms with Gasteiger partial charge in [0.15, 0.2) is 11.0 Å².